The van der Waals surface area contributed by atoms with Crippen molar-refractivity contribution >= 4 is 5.97 Å². The van der Waals surface area contributed by atoms with Gasteiger partial charge >= 0.3 is 5.97 Å². The molecule has 8 unspecified atom stereocenters. The summed E-state index contributed by atoms with van der Waals surface area (Å²) in [4.78, 5) is 12.8. The van der Waals surface area contributed by atoms with E-state index in [1.165, 1.54) is 83.5 Å². The van der Waals surface area contributed by atoms with E-state index in [0.717, 1.165) is 80.5 Å². The highest BCUT2D eigenvalue weighted by atomic mass is 16.5. The van der Waals surface area contributed by atoms with E-state index in [1.807, 2.05) is 0 Å². The van der Waals surface area contributed by atoms with Crippen LogP contribution in [0, 0.1) is 46.3 Å². The van der Waals surface area contributed by atoms with E-state index in [2.05, 4.69) is 96.2 Å². The SMILES string of the molecule is CCCCCC=CCC=CCC=CCC=CCCCC(=O)OC1CCC2(C)C(=CCC3C2CCC2(C)C(C(C)CCCC(C)C)CCC32)C1. The molecule has 0 amide bonds. The summed E-state index contributed by atoms with van der Waals surface area (Å²) in [6.45, 7) is 14.9. The fourth-order valence-electron chi connectivity index (χ4n) is 10.9. The number of unbranched alkanes of at least 4 members (excludes halogenated alkanes) is 4. The van der Waals surface area contributed by atoms with E-state index in [-0.39, 0.29) is 12.1 Å². The van der Waals surface area contributed by atoms with Crippen LogP contribution in [0.25, 0.3) is 0 Å². The van der Waals surface area contributed by atoms with Gasteiger partial charge in [0.15, 0.2) is 0 Å². The zero-order valence-corrected chi connectivity index (χ0v) is 32.9. The third kappa shape index (κ3) is 11.3. The average molecular weight is 673 g/mol. The van der Waals surface area contributed by atoms with Crippen LogP contribution in [0.4, 0.5) is 0 Å². The van der Waals surface area contributed by atoms with E-state index in [1.54, 1.807) is 5.57 Å². The quantitative estimate of drug-likeness (QED) is 0.0731. The van der Waals surface area contributed by atoms with Gasteiger partial charge in [-0.3, -0.25) is 4.79 Å². The molecule has 2 heteroatoms. The van der Waals surface area contributed by atoms with Crippen molar-refractivity contribution < 1.29 is 9.53 Å². The fraction of sp³-hybridized carbons (Fsp3) is 0.766. The van der Waals surface area contributed by atoms with Crippen LogP contribution in [0.2, 0.25) is 0 Å². The molecule has 0 N–H and O–H groups in total. The molecule has 4 aliphatic carbocycles. The third-order valence-electron chi connectivity index (χ3n) is 13.8. The Bertz CT molecular complexity index is 1140. The summed E-state index contributed by atoms with van der Waals surface area (Å²) in [5.41, 5.74) is 2.48. The van der Waals surface area contributed by atoms with Crippen molar-refractivity contribution in [2.45, 2.75) is 182 Å². The highest BCUT2D eigenvalue weighted by molar-refractivity contribution is 5.69. The molecule has 8 atom stereocenters. The Hall–Kier alpha value is -1.83. The molecule has 0 bridgehead atoms. The van der Waals surface area contributed by atoms with Crippen molar-refractivity contribution in [3.63, 3.8) is 0 Å². The molecule has 0 saturated heterocycles. The molecule has 0 radical (unpaired) electrons. The number of rotatable bonds is 20. The van der Waals surface area contributed by atoms with Crippen molar-refractivity contribution in [2.24, 2.45) is 46.3 Å². The average Bonchev–Trinajstić information content (AvgIpc) is 3.43. The lowest BCUT2D eigenvalue weighted by atomic mass is 9.47. The maximum absolute atomic E-state index is 12.8. The number of hydrogen-bond acceptors (Lipinski definition) is 2. The standard InChI is InChI=1S/C47H76O2/c1-7-8-9-10-11-12-13-14-15-16-17-18-19-20-21-22-23-27-45(48)49-40-32-34-46(5)39(36-40)28-29-41-43-31-30-42(38(4)26-24-25-37(2)3)47(43,6)35-33-44(41)46/h11-12,14-15,17-18,20-21,28,37-38,40-44H,7-10,13,16,19,22-27,29-36H2,1-6H3. The molecular weight excluding hydrogens is 597 g/mol. The molecule has 0 spiro atoms. The summed E-state index contributed by atoms with van der Waals surface area (Å²) in [6, 6.07) is 0. The Labute approximate surface area is 303 Å². The van der Waals surface area contributed by atoms with E-state index < -0.39 is 0 Å². The molecular formula is C47H76O2. The summed E-state index contributed by atoms with van der Waals surface area (Å²) >= 11 is 0. The summed E-state index contributed by atoms with van der Waals surface area (Å²) in [5.74, 6) is 5.21. The summed E-state index contributed by atoms with van der Waals surface area (Å²) in [7, 11) is 0. The van der Waals surface area contributed by atoms with Crippen molar-refractivity contribution in [2.75, 3.05) is 0 Å². The number of allylic oxidation sites excluding steroid dienone is 9. The Morgan fingerprint density at radius 2 is 1.47 bits per heavy atom. The molecule has 49 heavy (non-hydrogen) atoms. The van der Waals surface area contributed by atoms with Gasteiger partial charge in [-0.1, -0.05) is 134 Å². The lowest BCUT2D eigenvalue weighted by Crippen LogP contribution is -2.51. The number of carbonyl (C=O) groups is 1. The second-order valence-electron chi connectivity index (χ2n) is 17.6. The van der Waals surface area contributed by atoms with Gasteiger partial charge in [-0.15, -0.1) is 0 Å². The normalized spacial score (nSPS) is 32.2. The molecule has 4 rings (SSSR count). The molecule has 0 aromatic rings. The van der Waals surface area contributed by atoms with Crippen molar-refractivity contribution in [3.8, 4) is 0 Å². The Morgan fingerprint density at radius 1 is 0.796 bits per heavy atom. The van der Waals surface area contributed by atoms with Gasteiger partial charge in [-0.2, -0.15) is 0 Å². The Morgan fingerprint density at radius 3 is 2.14 bits per heavy atom. The van der Waals surface area contributed by atoms with Crippen LogP contribution < -0.4 is 0 Å². The molecule has 0 heterocycles. The molecule has 0 aromatic carbocycles. The smallest absolute Gasteiger partial charge is 0.306 e. The van der Waals surface area contributed by atoms with Crippen LogP contribution >= 0.6 is 0 Å². The van der Waals surface area contributed by atoms with Crippen LogP contribution in [0.1, 0.15) is 176 Å². The summed E-state index contributed by atoms with van der Waals surface area (Å²) in [5, 5.41) is 0. The maximum atomic E-state index is 12.8. The number of ether oxygens (including phenoxy) is 1. The van der Waals surface area contributed by atoms with Crippen LogP contribution in [0.5, 0.6) is 0 Å². The van der Waals surface area contributed by atoms with Crippen molar-refractivity contribution in [1.29, 1.82) is 0 Å². The lowest BCUT2D eigenvalue weighted by Gasteiger charge is -2.58. The molecule has 276 valence electrons. The predicted molar refractivity (Wildman–Crippen MR) is 211 cm³/mol. The first kappa shape index (κ1) is 39.9. The third-order valence-corrected chi connectivity index (χ3v) is 13.8. The number of esters is 1. The largest absolute Gasteiger partial charge is 0.462 e. The highest BCUT2D eigenvalue weighted by Gasteiger charge is 2.59. The highest BCUT2D eigenvalue weighted by Crippen LogP contribution is 2.67. The van der Waals surface area contributed by atoms with Crippen LogP contribution in [0.3, 0.4) is 0 Å². The fourth-order valence-corrected chi connectivity index (χ4v) is 10.9. The molecule has 0 aromatic heterocycles. The van der Waals surface area contributed by atoms with Gasteiger partial charge in [0, 0.05) is 12.8 Å². The molecule has 4 aliphatic rings. The summed E-state index contributed by atoms with van der Waals surface area (Å²) < 4.78 is 6.10. The maximum Gasteiger partial charge on any atom is 0.306 e. The van der Waals surface area contributed by atoms with Crippen LogP contribution in [-0.4, -0.2) is 12.1 Å². The van der Waals surface area contributed by atoms with E-state index in [9.17, 15) is 4.79 Å². The zero-order chi connectivity index (χ0) is 35.1. The number of carbonyl (C=O) groups excluding carboxylic acids is 1. The van der Waals surface area contributed by atoms with Crippen LogP contribution in [0.15, 0.2) is 60.3 Å². The van der Waals surface area contributed by atoms with Gasteiger partial charge in [-0.25, -0.2) is 0 Å². The Balaban J connectivity index is 1.13. The van der Waals surface area contributed by atoms with Crippen molar-refractivity contribution in [3.05, 3.63) is 60.3 Å². The van der Waals surface area contributed by atoms with E-state index in [0.29, 0.717) is 17.3 Å². The van der Waals surface area contributed by atoms with E-state index in [4.69, 9.17) is 4.74 Å². The number of fused-ring (bicyclic) bond motifs is 5. The molecule has 0 aliphatic heterocycles. The first-order valence-corrected chi connectivity index (χ1v) is 21.2. The molecule has 2 nitrogen and oxygen atoms in total. The second-order valence-corrected chi connectivity index (χ2v) is 17.6. The minimum absolute atomic E-state index is 0.00622. The first-order chi connectivity index (χ1) is 23.7. The minimum atomic E-state index is 0.00622. The summed E-state index contributed by atoms with van der Waals surface area (Å²) in [6.07, 6.45) is 45.7. The minimum Gasteiger partial charge on any atom is -0.462 e. The second kappa shape index (κ2) is 20.3. The predicted octanol–water partition coefficient (Wildman–Crippen LogP) is 14.1. The first-order valence-electron chi connectivity index (χ1n) is 21.2. The van der Waals surface area contributed by atoms with Gasteiger partial charge in [0.25, 0.3) is 0 Å². The zero-order valence-electron chi connectivity index (χ0n) is 32.9. The van der Waals surface area contributed by atoms with E-state index >= 15 is 0 Å². The van der Waals surface area contributed by atoms with Crippen LogP contribution in [-0.2, 0) is 9.53 Å². The van der Waals surface area contributed by atoms with Gasteiger partial charge in [0.2, 0.25) is 0 Å². The van der Waals surface area contributed by atoms with Gasteiger partial charge in [0.1, 0.15) is 6.10 Å². The van der Waals surface area contributed by atoms with Gasteiger partial charge in [0.05, 0.1) is 0 Å². The van der Waals surface area contributed by atoms with Gasteiger partial charge < -0.3 is 4.74 Å². The monoisotopic (exact) mass is 673 g/mol. The number of hydrogen-bond donors (Lipinski definition) is 0. The Kier molecular flexibility index (Phi) is 16.5. The topological polar surface area (TPSA) is 26.3 Å². The van der Waals surface area contributed by atoms with Crippen molar-refractivity contribution in [1.82, 2.24) is 0 Å². The molecule has 3 fully saturated rings. The lowest BCUT2D eigenvalue weighted by molar-refractivity contribution is -0.151. The molecule has 3 saturated carbocycles. The van der Waals surface area contributed by atoms with Gasteiger partial charge in [-0.05, 0) is 136 Å².